The van der Waals surface area contributed by atoms with Crippen molar-refractivity contribution < 1.29 is 4.79 Å². The summed E-state index contributed by atoms with van der Waals surface area (Å²) in [7, 11) is 0. The molecule has 1 aromatic carbocycles. The number of carbonyl (C=O) groups is 1. The Balaban J connectivity index is 1.93. The topological polar surface area (TPSA) is 38.1 Å². The van der Waals surface area contributed by atoms with E-state index in [0.717, 1.165) is 42.8 Å². The molecule has 1 aliphatic heterocycles. The fourth-order valence-corrected chi connectivity index (χ4v) is 3.14. The van der Waals surface area contributed by atoms with E-state index in [2.05, 4.69) is 9.55 Å². The number of nitrogens with zero attached hydrogens (tertiary/aromatic N) is 3. The van der Waals surface area contributed by atoms with Crippen LogP contribution in [0.15, 0.2) is 24.3 Å². The van der Waals surface area contributed by atoms with Crippen molar-refractivity contribution >= 4 is 16.9 Å². The highest BCUT2D eigenvalue weighted by atomic mass is 16.2. The van der Waals surface area contributed by atoms with Crippen LogP contribution in [-0.4, -0.2) is 33.4 Å². The van der Waals surface area contributed by atoms with Crippen LogP contribution in [0.3, 0.4) is 0 Å². The summed E-state index contributed by atoms with van der Waals surface area (Å²) < 4.78 is 2.06. The molecule has 0 aliphatic carbocycles. The minimum Gasteiger partial charge on any atom is -0.341 e. The normalized spacial score (nSPS) is 17.4. The molecule has 0 spiro atoms. The molecule has 0 N–H and O–H groups in total. The van der Waals surface area contributed by atoms with Crippen LogP contribution in [0.1, 0.15) is 38.1 Å². The molecule has 1 aromatic heterocycles. The van der Waals surface area contributed by atoms with Crippen LogP contribution in [0, 0.1) is 6.92 Å². The largest absolute Gasteiger partial charge is 0.341 e. The molecule has 0 bridgehead atoms. The van der Waals surface area contributed by atoms with Crippen LogP contribution in [-0.2, 0) is 4.79 Å². The quantitative estimate of drug-likeness (QED) is 0.842. The van der Waals surface area contributed by atoms with Gasteiger partial charge in [0.1, 0.15) is 11.9 Å². The van der Waals surface area contributed by atoms with Gasteiger partial charge in [0.05, 0.1) is 11.0 Å². The Hall–Kier alpha value is -1.84. The minimum absolute atomic E-state index is 0.180. The van der Waals surface area contributed by atoms with Crippen molar-refractivity contribution in [1.82, 2.24) is 14.5 Å². The van der Waals surface area contributed by atoms with Crippen LogP contribution in [0.5, 0.6) is 0 Å². The van der Waals surface area contributed by atoms with Gasteiger partial charge in [-0.2, -0.15) is 0 Å². The first-order chi connectivity index (χ1) is 9.68. The highest BCUT2D eigenvalue weighted by molar-refractivity contribution is 5.84. The molecular formula is C16H21N3O. The number of hydrogen-bond donors (Lipinski definition) is 0. The number of para-hydroxylation sites is 2. The number of carbonyl (C=O) groups excluding carboxylic acids is 1. The predicted octanol–water partition coefficient (Wildman–Crippen LogP) is 2.92. The van der Waals surface area contributed by atoms with Gasteiger partial charge < -0.3 is 9.47 Å². The van der Waals surface area contributed by atoms with Crippen LogP contribution >= 0.6 is 0 Å². The maximum absolute atomic E-state index is 12.7. The highest BCUT2D eigenvalue weighted by Crippen LogP contribution is 2.23. The van der Waals surface area contributed by atoms with E-state index in [-0.39, 0.29) is 11.9 Å². The molecule has 4 heteroatoms. The van der Waals surface area contributed by atoms with Crippen molar-refractivity contribution in [3.8, 4) is 0 Å². The lowest BCUT2D eigenvalue weighted by Gasteiger charge is -2.30. The number of piperidine rings is 1. The van der Waals surface area contributed by atoms with Crippen molar-refractivity contribution in [2.24, 2.45) is 0 Å². The minimum atomic E-state index is -0.180. The molecule has 4 nitrogen and oxygen atoms in total. The van der Waals surface area contributed by atoms with Gasteiger partial charge in [-0.3, -0.25) is 4.79 Å². The van der Waals surface area contributed by atoms with E-state index in [1.54, 1.807) is 0 Å². The summed E-state index contributed by atoms with van der Waals surface area (Å²) in [6, 6.07) is 7.83. The molecule has 1 aliphatic rings. The molecule has 2 heterocycles. The first-order valence-corrected chi connectivity index (χ1v) is 7.41. The number of benzene rings is 1. The number of fused-ring (bicyclic) bond motifs is 1. The summed E-state index contributed by atoms with van der Waals surface area (Å²) in [5, 5.41) is 0. The number of hydrogen-bond acceptors (Lipinski definition) is 2. The molecule has 1 fully saturated rings. The Kier molecular flexibility index (Phi) is 3.47. The Morgan fingerprint density at radius 1 is 1.20 bits per heavy atom. The smallest absolute Gasteiger partial charge is 0.245 e. The first-order valence-electron chi connectivity index (χ1n) is 7.41. The SMILES string of the molecule is Cc1nc2ccccc2n1C(C)C(=O)N1CCCCC1. The third-order valence-electron chi connectivity index (χ3n) is 4.18. The number of rotatable bonds is 2. The molecule has 20 heavy (non-hydrogen) atoms. The van der Waals surface area contributed by atoms with Crippen molar-refractivity contribution in [3.63, 3.8) is 0 Å². The van der Waals surface area contributed by atoms with E-state index in [4.69, 9.17) is 0 Å². The van der Waals surface area contributed by atoms with Gasteiger partial charge in [0.2, 0.25) is 5.91 Å². The van der Waals surface area contributed by atoms with Gasteiger partial charge in [-0.1, -0.05) is 12.1 Å². The predicted molar refractivity (Wildman–Crippen MR) is 79.6 cm³/mol. The maximum atomic E-state index is 12.7. The molecule has 1 saturated heterocycles. The number of imidazole rings is 1. The molecule has 1 unspecified atom stereocenters. The molecule has 1 atom stereocenters. The molecule has 3 rings (SSSR count). The van der Waals surface area contributed by atoms with E-state index in [0.29, 0.717) is 0 Å². The Morgan fingerprint density at radius 3 is 2.65 bits per heavy atom. The first kappa shape index (κ1) is 13.2. The standard InChI is InChI=1S/C16H21N3O/c1-12(16(20)18-10-6-3-7-11-18)19-13(2)17-14-8-4-5-9-15(14)19/h4-5,8-9,12H,3,6-7,10-11H2,1-2H3. The van der Waals surface area contributed by atoms with Crippen molar-refractivity contribution in [3.05, 3.63) is 30.1 Å². The van der Waals surface area contributed by atoms with Crippen molar-refractivity contribution in [2.45, 2.75) is 39.2 Å². The zero-order chi connectivity index (χ0) is 14.1. The fraction of sp³-hybridized carbons (Fsp3) is 0.500. The van der Waals surface area contributed by atoms with E-state index >= 15 is 0 Å². The van der Waals surface area contributed by atoms with E-state index < -0.39 is 0 Å². The summed E-state index contributed by atoms with van der Waals surface area (Å²) in [6.45, 7) is 5.75. The van der Waals surface area contributed by atoms with Gasteiger partial charge >= 0.3 is 0 Å². The molecule has 0 saturated carbocycles. The van der Waals surface area contributed by atoms with Gasteiger partial charge in [-0.25, -0.2) is 4.98 Å². The Morgan fingerprint density at radius 2 is 1.90 bits per heavy atom. The number of amides is 1. The van der Waals surface area contributed by atoms with E-state index in [1.807, 2.05) is 43.0 Å². The van der Waals surface area contributed by atoms with Crippen LogP contribution in [0.2, 0.25) is 0 Å². The fourth-order valence-electron chi connectivity index (χ4n) is 3.14. The second-order valence-electron chi connectivity index (χ2n) is 5.58. The van der Waals surface area contributed by atoms with Crippen molar-refractivity contribution in [2.75, 3.05) is 13.1 Å². The molecule has 1 amide bonds. The number of aromatic nitrogens is 2. The molecule has 2 aromatic rings. The molecular weight excluding hydrogens is 250 g/mol. The summed E-state index contributed by atoms with van der Waals surface area (Å²) >= 11 is 0. The highest BCUT2D eigenvalue weighted by Gasteiger charge is 2.25. The molecule has 0 radical (unpaired) electrons. The summed E-state index contributed by atoms with van der Waals surface area (Å²) in [5.74, 6) is 1.13. The third kappa shape index (κ3) is 2.19. The average Bonchev–Trinajstić information content (AvgIpc) is 2.82. The van der Waals surface area contributed by atoms with Crippen LogP contribution in [0.4, 0.5) is 0 Å². The number of likely N-dealkylation sites (tertiary alicyclic amines) is 1. The van der Waals surface area contributed by atoms with E-state index in [9.17, 15) is 4.79 Å². The monoisotopic (exact) mass is 271 g/mol. The number of aryl methyl sites for hydroxylation is 1. The van der Waals surface area contributed by atoms with Gasteiger partial charge in [-0.05, 0) is 45.2 Å². The Bertz CT molecular complexity index is 626. The van der Waals surface area contributed by atoms with Crippen LogP contribution < -0.4 is 0 Å². The van der Waals surface area contributed by atoms with E-state index in [1.165, 1.54) is 6.42 Å². The van der Waals surface area contributed by atoms with Crippen LogP contribution in [0.25, 0.3) is 11.0 Å². The second-order valence-corrected chi connectivity index (χ2v) is 5.58. The van der Waals surface area contributed by atoms with Crippen molar-refractivity contribution in [1.29, 1.82) is 0 Å². The lowest BCUT2D eigenvalue weighted by atomic mass is 10.1. The average molecular weight is 271 g/mol. The maximum Gasteiger partial charge on any atom is 0.245 e. The van der Waals surface area contributed by atoms with Gasteiger partial charge in [0, 0.05) is 13.1 Å². The molecule has 106 valence electrons. The lowest BCUT2D eigenvalue weighted by molar-refractivity contribution is -0.135. The third-order valence-corrected chi connectivity index (χ3v) is 4.18. The van der Waals surface area contributed by atoms with Gasteiger partial charge in [0.15, 0.2) is 0 Å². The lowest BCUT2D eigenvalue weighted by Crippen LogP contribution is -2.39. The van der Waals surface area contributed by atoms with Gasteiger partial charge in [0.25, 0.3) is 0 Å². The Labute approximate surface area is 119 Å². The second kappa shape index (κ2) is 5.27. The summed E-state index contributed by atoms with van der Waals surface area (Å²) in [5.41, 5.74) is 2.01. The zero-order valence-corrected chi connectivity index (χ0v) is 12.2. The van der Waals surface area contributed by atoms with Gasteiger partial charge in [-0.15, -0.1) is 0 Å². The zero-order valence-electron chi connectivity index (χ0n) is 12.2. The summed E-state index contributed by atoms with van der Waals surface area (Å²) in [4.78, 5) is 19.2. The summed E-state index contributed by atoms with van der Waals surface area (Å²) in [6.07, 6.45) is 3.50.